The monoisotopic (exact) mass is 410 g/mol. The Balaban J connectivity index is 1.22. The summed E-state index contributed by atoms with van der Waals surface area (Å²) in [5, 5.41) is 0. The molecule has 1 saturated heterocycles. The molecule has 3 aliphatic rings. The van der Waals surface area contributed by atoms with Gasteiger partial charge in [-0.2, -0.15) is 0 Å². The van der Waals surface area contributed by atoms with E-state index in [2.05, 4.69) is 4.98 Å². The third-order valence-corrected chi connectivity index (χ3v) is 6.01. The van der Waals surface area contributed by atoms with Gasteiger partial charge in [-0.05, 0) is 42.5 Å². The first-order valence-electron chi connectivity index (χ1n) is 10.5. The number of anilines is 1. The van der Waals surface area contributed by atoms with E-state index in [1.807, 2.05) is 0 Å². The highest BCUT2D eigenvalue weighted by atomic mass is 19.1. The Kier molecular flexibility index (Phi) is 4.89. The fourth-order valence-electron chi connectivity index (χ4n) is 4.10. The van der Waals surface area contributed by atoms with Crippen LogP contribution in [0.15, 0.2) is 30.5 Å². The van der Waals surface area contributed by atoms with E-state index in [-0.39, 0.29) is 11.7 Å². The number of carbonyl (C=O) groups is 2. The van der Waals surface area contributed by atoms with Crippen molar-refractivity contribution in [2.24, 2.45) is 5.92 Å². The summed E-state index contributed by atoms with van der Waals surface area (Å²) in [5.41, 5.74) is 1.26. The number of carbonyl (C=O) groups excluding carboxylic acids is 2. The zero-order valence-corrected chi connectivity index (χ0v) is 16.6. The largest absolute Gasteiger partial charge is 0.479 e. The molecule has 30 heavy (non-hydrogen) atoms. The van der Waals surface area contributed by atoms with E-state index in [0.29, 0.717) is 60.9 Å². The van der Waals surface area contributed by atoms with Gasteiger partial charge in [0.05, 0.1) is 12.8 Å². The summed E-state index contributed by atoms with van der Waals surface area (Å²) in [6, 6.07) is 6.44. The molecule has 0 spiro atoms. The number of ketones is 1. The van der Waals surface area contributed by atoms with E-state index in [9.17, 15) is 14.0 Å². The molecule has 5 rings (SSSR count). The number of benzene rings is 1. The second-order valence-electron chi connectivity index (χ2n) is 8.17. The SMILES string of the molecule is O=C1CCc2c(F)cc(N3CCC(Oc4ccc(OCCC5CC5)nc4)C3=O)cc21. The van der Waals surface area contributed by atoms with Crippen molar-refractivity contribution in [1.29, 1.82) is 0 Å². The first kappa shape index (κ1) is 19.0. The zero-order chi connectivity index (χ0) is 20.7. The number of hydrogen-bond acceptors (Lipinski definition) is 5. The Labute approximate surface area is 174 Å². The van der Waals surface area contributed by atoms with Crippen LogP contribution in [0.5, 0.6) is 11.6 Å². The van der Waals surface area contributed by atoms with Gasteiger partial charge in [0.2, 0.25) is 5.88 Å². The third kappa shape index (κ3) is 3.76. The number of hydrogen-bond donors (Lipinski definition) is 0. The Hall–Kier alpha value is -2.96. The number of Topliss-reactive ketones (excluding diaryl/α,β-unsaturated/α-hetero) is 1. The molecule has 0 N–H and O–H groups in total. The van der Waals surface area contributed by atoms with Gasteiger partial charge >= 0.3 is 0 Å². The van der Waals surface area contributed by atoms with Crippen LogP contribution in [-0.4, -0.2) is 35.9 Å². The fraction of sp³-hybridized carbons (Fsp3) is 0.435. The van der Waals surface area contributed by atoms with Crippen LogP contribution < -0.4 is 14.4 Å². The third-order valence-electron chi connectivity index (χ3n) is 6.01. The van der Waals surface area contributed by atoms with Crippen LogP contribution in [0.4, 0.5) is 10.1 Å². The molecule has 6 nitrogen and oxygen atoms in total. The van der Waals surface area contributed by atoms with Crippen LogP contribution in [0.25, 0.3) is 0 Å². The maximum absolute atomic E-state index is 14.4. The van der Waals surface area contributed by atoms with Crippen molar-refractivity contribution < 1.29 is 23.5 Å². The molecule has 2 fully saturated rings. The predicted octanol–water partition coefficient (Wildman–Crippen LogP) is 3.71. The molecular formula is C23H23FN2O4. The van der Waals surface area contributed by atoms with Gasteiger partial charge in [-0.1, -0.05) is 12.8 Å². The van der Waals surface area contributed by atoms with Gasteiger partial charge in [0, 0.05) is 36.7 Å². The molecule has 2 aliphatic carbocycles. The van der Waals surface area contributed by atoms with Crippen molar-refractivity contribution in [2.75, 3.05) is 18.1 Å². The van der Waals surface area contributed by atoms with E-state index >= 15 is 0 Å². The van der Waals surface area contributed by atoms with Gasteiger partial charge in [0.25, 0.3) is 5.91 Å². The van der Waals surface area contributed by atoms with Crippen LogP contribution >= 0.6 is 0 Å². The Morgan fingerprint density at radius 3 is 2.77 bits per heavy atom. The minimum absolute atomic E-state index is 0.0734. The Bertz CT molecular complexity index is 987. The van der Waals surface area contributed by atoms with Crippen molar-refractivity contribution in [3.05, 3.63) is 47.4 Å². The standard InChI is InChI=1S/C23H23FN2O4/c24-19-12-15(11-18-17(19)4-5-20(18)27)26-9-7-21(23(26)28)30-16-3-6-22(25-13-16)29-10-8-14-1-2-14/h3,6,11-14,21H,1-2,4-5,7-10H2. The van der Waals surface area contributed by atoms with Gasteiger partial charge in [0.15, 0.2) is 11.9 Å². The topological polar surface area (TPSA) is 68.7 Å². The van der Waals surface area contributed by atoms with Crippen molar-refractivity contribution in [3.8, 4) is 11.6 Å². The summed E-state index contributed by atoms with van der Waals surface area (Å²) in [7, 11) is 0. The van der Waals surface area contributed by atoms with Crippen molar-refractivity contribution >= 4 is 17.4 Å². The molecule has 2 aromatic rings. The highest BCUT2D eigenvalue weighted by molar-refractivity contribution is 6.04. The summed E-state index contributed by atoms with van der Waals surface area (Å²) in [6.45, 7) is 1.07. The summed E-state index contributed by atoms with van der Waals surface area (Å²) in [5.74, 6) is 1.09. The van der Waals surface area contributed by atoms with Crippen molar-refractivity contribution in [1.82, 2.24) is 4.98 Å². The number of ether oxygens (including phenoxy) is 2. The lowest BCUT2D eigenvalue weighted by Gasteiger charge is -2.18. The highest BCUT2D eigenvalue weighted by Gasteiger charge is 2.36. The van der Waals surface area contributed by atoms with Crippen molar-refractivity contribution in [2.45, 2.75) is 44.6 Å². The summed E-state index contributed by atoms with van der Waals surface area (Å²) < 4.78 is 25.8. The molecule has 1 aliphatic heterocycles. The lowest BCUT2D eigenvalue weighted by molar-refractivity contribution is -0.122. The van der Waals surface area contributed by atoms with E-state index in [4.69, 9.17) is 9.47 Å². The molecule has 1 saturated carbocycles. The van der Waals surface area contributed by atoms with E-state index in [0.717, 1.165) is 12.3 Å². The summed E-state index contributed by atoms with van der Waals surface area (Å²) in [4.78, 5) is 30.5. The van der Waals surface area contributed by atoms with Gasteiger partial charge in [0.1, 0.15) is 11.6 Å². The lowest BCUT2D eigenvalue weighted by atomic mass is 10.1. The molecule has 2 heterocycles. The highest BCUT2D eigenvalue weighted by Crippen LogP contribution is 2.33. The minimum atomic E-state index is -0.666. The molecule has 1 atom stereocenters. The quantitative estimate of drug-likeness (QED) is 0.696. The van der Waals surface area contributed by atoms with Gasteiger partial charge in [-0.15, -0.1) is 0 Å². The second-order valence-corrected chi connectivity index (χ2v) is 8.17. The molecular weight excluding hydrogens is 387 g/mol. The van der Waals surface area contributed by atoms with Crippen LogP contribution in [0, 0.1) is 11.7 Å². The maximum atomic E-state index is 14.4. The number of nitrogens with zero attached hydrogens (tertiary/aromatic N) is 2. The van der Waals surface area contributed by atoms with Gasteiger partial charge in [-0.3, -0.25) is 9.59 Å². The lowest BCUT2D eigenvalue weighted by Crippen LogP contribution is -2.32. The number of pyridine rings is 1. The van der Waals surface area contributed by atoms with Crippen LogP contribution in [0.3, 0.4) is 0 Å². The normalized spacial score (nSPS) is 20.6. The zero-order valence-electron chi connectivity index (χ0n) is 16.6. The van der Waals surface area contributed by atoms with Crippen LogP contribution in [0.2, 0.25) is 0 Å². The van der Waals surface area contributed by atoms with Crippen LogP contribution in [0.1, 0.15) is 48.0 Å². The van der Waals surface area contributed by atoms with E-state index in [1.165, 1.54) is 23.8 Å². The fourth-order valence-corrected chi connectivity index (χ4v) is 4.10. The molecule has 1 aromatic heterocycles. The smallest absolute Gasteiger partial charge is 0.268 e. The molecule has 1 unspecified atom stereocenters. The summed E-state index contributed by atoms with van der Waals surface area (Å²) >= 11 is 0. The Morgan fingerprint density at radius 1 is 1.13 bits per heavy atom. The predicted molar refractivity (Wildman–Crippen MR) is 108 cm³/mol. The number of rotatable bonds is 7. The average Bonchev–Trinajstić information content (AvgIpc) is 3.39. The second kappa shape index (κ2) is 7.70. The average molecular weight is 410 g/mol. The first-order chi connectivity index (χ1) is 14.6. The van der Waals surface area contributed by atoms with Crippen molar-refractivity contribution in [3.63, 3.8) is 0 Å². The maximum Gasteiger partial charge on any atom is 0.268 e. The first-order valence-corrected chi connectivity index (χ1v) is 10.5. The molecule has 1 aromatic carbocycles. The Morgan fingerprint density at radius 2 is 2.00 bits per heavy atom. The van der Waals surface area contributed by atoms with E-state index in [1.54, 1.807) is 24.4 Å². The van der Waals surface area contributed by atoms with Crippen LogP contribution in [-0.2, 0) is 11.2 Å². The molecule has 0 radical (unpaired) electrons. The van der Waals surface area contributed by atoms with Gasteiger partial charge < -0.3 is 14.4 Å². The number of amides is 1. The number of halogens is 1. The summed E-state index contributed by atoms with van der Waals surface area (Å²) in [6.07, 6.45) is 5.76. The minimum Gasteiger partial charge on any atom is -0.479 e. The molecule has 1 amide bonds. The molecule has 0 bridgehead atoms. The number of fused-ring (bicyclic) bond motifs is 1. The molecule has 7 heteroatoms. The number of aromatic nitrogens is 1. The van der Waals surface area contributed by atoms with E-state index < -0.39 is 11.9 Å². The molecule has 156 valence electrons. The van der Waals surface area contributed by atoms with Gasteiger partial charge in [-0.25, -0.2) is 9.37 Å².